The molecule has 4 rings (SSSR count). The lowest BCUT2D eigenvalue weighted by Gasteiger charge is -2.42. The number of pyridine rings is 1. The van der Waals surface area contributed by atoms with E-state index in [2.05, 4.69) is 15.2 Å². The van der Waals surface area contributed by atoms with E-state index >= 15 is 0 Å². The molecule has 0 bridgehead atoms. The quantitative estimate of drug-likeness (QED) is 0.340. The van der Waals surface area contributed by atoms with Gasteiger partial charge < -0.3 is 15.0 Å². The molecule has 1 atom stereocenters. The molecule has 0 radical (unpaired) electrons. The van der Waals surface area contributed by atoms with Gasteiger partial charge in [-0.1, -0.05) is 12.1 Å². The number of amides is 3. The Balaban J connectivity index is 0.00000280. The Kier molecular flexibility index (Phi) is 12.3. The van der Waals surface area contributed by atoms with E-state index in [4.69, 9.17) is 4.74 Å². The summed E-state index contributed by atoms with van der Waals surface area (Å²) in [4.78, 5) is 44.7. The molecule has 0 spiro atoms. The summed E-state index contributed by atoms with van der Waals surface area (Å²) in [5.41, 5.74) is 1.45. The molecule has 3 heterocycles. The van der Waals surface area contributed by atoms with Gasteiger partial charge in [-0.15, -0.1) is 24.8 Å². The van der Waals surface area contributed by atoms with Crippen molar-refractivity contribution in [1.82, 2.24) is 25.2 Å². The maximum atomic E-state index is 14.2. The molecule has 2 aromatic rings. The highest BCUT2D eigenvalue weighted by Crippen LogP contribution is 2.36. The van der Waals surface area contributed by atoms with Crippen LogP contribution in [-0.2, 0) is 14.3 Å². The van der Waals surface area contributed by atoms with Gasteiger partial charge in [0.25, 0.3) is 0 Å². The SMILES string of the molecule is COC(=O)C1=C(C)NC(=O)N(N(C=O)CCCN2CCC(c3ccccn3)CC2)C1c1ccc(F)c(F)c1.Cl.Cl. The van der Waals surface area contributed by atoms with Crippen LogP contribution in [0, 0.1) is 11.6 Å². The first-order valence-electron chi connectivity index (χ1n) is 12.5. The lowest BCUT2D eigenvalue weighted by atomic mass is 9.93. The number of hydrogen-bond acceptors (Lipinski definition) is 6. The lowest BCUT2D eigenvalue weighted by molar-refractivity contribution is -0.141. The van der Waals surface area contributed by atoms with Crippen molar-refractivity contribution in [3.63, 3.8) is 0 Å². The molecule has 0 saturated carbocycles. The van der Waals surface area contributed by atoms with Crippen LogP contribution in [0.5, 0.6) is 0 Å². The molecular weight excluding hydrogens is 567 g/mol. The zero-order valence-electron chi connectivity index (χ0n) is 22.2. The lowest BCUT2D eigenvalue weighted by Crippen LogP contribution is -2.56. The number of carbonyl (C=O) groups excluding carboxylic acids is 3. The van der Waals surface area contributed by atoms with Crippen molar-refractivity contribution in [2.45, 2.75) is 38.1 Å². The number of allylic oxidation sites excluding steroid dienone is 1. The van der Waals surface area contributed by atoms with Crippen LogP contribution in [0.2, 0.25) is 0 Å². The summed E-state index contributed by atoms with van der Waals surface area (Å²) >= 11 is 0. The van der Waals surface area contributed by atoms with Gasteiger partial charge in [0.15, 0.2) is 11.6 Å². The zero-order chi connectivity index (χ0) is 27.2. The summed E-state index contributed by atoms with van der Waals surface area (Å²) < 4.78 is 32.8. The van der Waals surface area contributed by atoms with Gasteiger partial charge in [0.1, 0.15) is 6.04 Å². The first-order valence-corrected chi connectivity index (χ1v) is 12.5. The molecular formula is C27H33Cl2F2N5O4. The Morgan fingerprint density at radius 2 is 1.90 bits per heavy atom. The molecule has 2 aliphatic heterocycles. The summed E-state index contributed by atoms with van der Waals surface area (Å²) in [5, 5.41) is 4.80. The highest BCUT2D eigenvalue weighted by Gasteiger charge is 2.41. The molecule has 9 nitrogen and oxygen atoms in total. The Hall–Kier alpha value is -3.28. The second kappa shape index (κ2) is 14.9. The van der Waals surface area contributed by atoms with Crippen LogP contribution in [0.4, 0.5) is 13.6 Å². The molecule has 1 aromatic carbocycles. The number of nitrogens with one attached hydrogen (secondary N) is 1. The van der Waals surface area contributed by atoms with Crippen LogP contribution in [-0.4, -0.2) is 71.6 Å². The van der Waals surface area contributed by atoms with Crippen LogP contribution in [0.1, 0.15) is 49.4 Å². The minimum absolute atomic E-state index is 0. The number of hydrazine groups is 1. The fraction of sp³-hybridized carbons (Fsp3) is 0.407. The van der Waals surface area contributed by atoms with Gasteiger partial charge in [0.05, 0.1) is 12.7 Å². The predicted molar refractivity (Wildman–Crippen MR) is 149 cm³/mol. The molecule has 218 valence electrons. The van der Waals surface area contributed by atoms with Crippen molar-refractivity contribution in [2.75, 3.05) is 33.3 Å². The average molecular weight is 600 g/mol. The second-order valence-electron chi connectivity index (χ2n) is 9.37. The second-order valence-corrected chi connectivity index (χ2v) is 9.37. The number of aromatic nitrogens is 1. The molecule has 40 heavy (non-hydrogen) atoms. The van der Waals surface area contributed by atoms with Crippen molar-refractivity contribution in [1.29, 1.82) is 0 Å². The van der Waals surface area contributed by atoms with Crippen LogP contribution < -0.4 is 5.32 Å². The summed E-state index contributed by atoms with van der Waals surface area (Å²) in [7, 11) is 1.18. The molecule has 1 unspecified atom stereocenters. The van der Waals surface area contributed by atoms with Crippen molar-refractivity contribution in [3.8, 4) is 0 Å². The van der Waals surface area contributed by atoms with Crippen LogP contribution >= 0.6 is 24.8 Å². The number of hydrogen-bond donors (Lipinski definition) is 1. The molecule has 1 N–H and O–H groups in total. The van der Waals surface area contributed by atoms with Gasteiger partial charge in [-0.2, -0.15) is 0 Å². The Labute approximate surface area is 244 Å². The third-order valence-corrected chi connectivity index (χ3v) is 7.04. The highest BCUT2D eigenvalue weighted by molar-refractivity contribution is 5.95. The number of esters is 1. The first-order chi connectivity index (χ1) is 18.3. The number of piperidine rings is 1. The predicted octanol–water partition coefficient (Wildman–Crippen LogP) is 4.36. The number of urea groups is 1. The van der Waals surface area contributed by atoms with E-state index in [0.29, 0.717) is 25.3 Å². The number of likely N-dealkylation sites (tertiary alicyclic amines) is 1. The third-order valence-electron chi connectivity index (χ3n) is 7.04. The van der Waals surface area contributed by atoms with Gasteiger partial charge in [-0.3, -0.25) is 14.8 Å². The number of nitrogens with zero attached hydrogens (tertiary/aromatic N) is 4. The molecule has 2 aliphatic rings. The Morgan fingerprint density at radius 3 is 2.50 bits per heavy atom. The van der Waals surface area contributed by atoms with E-state index in [0.717, 1.165) is 53.8 Å². The van der Waals surface area contributed by atoms with E-state index in [1.54, 1.807) is 0 Å². The number of benzene rings is 1. The first kappa shape index (κ1) is 32.9. The highest BCUT2D eigenvalue weighted by atomic mass is 35.5. The Morgan fingerprint density at radius 1 is 1.18 bits per heavy atom. The molecule has 3 amide bonds. The summed E-state index contributed by atoms with van der Waals surface area (Å²) in [6, 6.07) is 7.19. The van der Waals surface area contributed by atoms with E-state index in [9.17, 15) is 23.2 Å². The van der Waals surface area contributed by atoms with Gasteiger partial charge in [0.2, 0.25) is 6.41 Å². The van der Waals surface area contributed by atoms with Gasteiger partial charge in [-0.25, -0.2) is 23.4 Å². The van der Waals surface area contributed by atoms with Gasteiger partial charge in [0, 0.05) is 30.1 Å². The van der Waals surface area contributed by atoms with Crippen LogP contribution in [0.15, 0.2) is 53.9 Å². The van der Waals surface area contributed by atoms with Gasteiger partial charge >= 0.3 is 12.0 Å². The summed E-state index contributed by atoms with van der Waals surface area (Å²) in [6.07, 6.45) is 4.82. The number of rotatable bonds is 9. The normalized spacial score (nSPS) is 17.9. The standard InChI is InChI=1S/C27H31F2N5O4.2ClH/c1-18-24(26(36)38-2)25(20-7-8-21(28)22(29)16-20)34(27(37)31-18)33(17-35)13-5-12-32-14-9-19(10-15-32)23-6-3-4-11-30-23;;/h3-4,6-8,11,16-17,19,25H,5,9-10,12-15H2,1-2H3,(H,31,37);2*1H. The third kappa shape index (κ3) is 7.26. The van der Waals surface area contributed by atoms with E-state index < -0.39 is 29.7 Å². The minimum atomic E-state index is -1.19. The fourth-order valence-corrected chi connectivity index (χ4v) is 5.10. The smallest absolute Gasteiger partial charge is 0.341 e. The maximum Gasteiger partial charge on any atom is 0.341 e. The molecule has 1 saturated heterocycles. The largest absolute Gasteiger partial charge is 0.466 e. The number of carbonyl (C=O) groups is 3. The van der Waals surface area contributed by atoms with Crippen LogP contribution in [0.25, 0.3) is 0 Å². The van der Waals surface area contributed by atoms with E-state index in [1.807, 2.05) is 24.4 Å². The van der Waals surface area contributed by atoms with Crippen molar-refractivity contribution in [2.24, 2.45) is 0 Å². The molecule has 1 aromatic heterocycles. The van der Waals surface area contributed by atoms with E-state index in [1.165, 1.54) is 20.1 Å². The molecule has 0 aliphatic carbocycles. The molecule has 13 heteroatoms. The topological polar surface area (TPSA) is 95.1 Å². The number of halogens is 4. The van der Waals surface area contributed by atoms with Crippen molar-refractivity contribution < 1.29 is 27.9 Å². The summed E-state index contributed by atoms with van der Waals surface area (Å²) in [6.45, 7) is 4.15. The van der Waals surface area contributed by atoms with Crippen LogP contribution in [0.3, 0.4) is 0 Å². The van der Waals surface area contributed by atoms with Crippen molar-refractivity contribution in [3.05, 3.63) is 76.8 Å². The van der Waals surface area contributed by atoms with Crippen molar-refractivity contribution >= 4 is 43.2 Å². The zero-order valence-corrected chi connectivity index (χ0v) is 23.9. The maximum absolute atomic E-state index is 14.2. The fourth-order valence-electron chi connectivity index (χ4n) is 5.10. The number of ether oxygens (including phenoxy) is 1. The Bertz CT molecular complexity index is 1210. The average Bonchev–Trinajstić information content (AvgIpc) is 2.93. The number of methoxy groups -OCH3 is 1. The summed E-state index contributed by atoms with van der Waals surface area (Å²) in [5.74, 6) is -2.55. The van der Waals surface area contributed by atoms with E-state index in [-0.39, 0.29) is 48.2 Å². The minimum Gasteiger partial charge on any atom is -0.466 e. The van der Waals surface area contributed by atoms with Gasteiger partial charge in [-0.05, 0) is 75.6 Å². The monoisotopic (exact) mass is 599 g/mol. The molecule has 1 fully saturated rings.